The van der Waals surface area contributed by atoms with E-state index in [1.807, 2.05) is 24.3 Å². The quantitative estimate of drug-likeness (QED) is 0.643. The normalized spacial score (nSPS) is 10.1. The van der Waals surface area contributed by atoms with Crippen molar-refractivity contribution in [2.45, 2.75) is 0 Å². The topological polar surface area (TPSA) is 81.7 Å². The molecule has 0 spiro atoms. The number of ether oxygens (including phenoxy) is 3. The number of hydrogen-bond acceptors (Lipinski definition) is 6. The molecule has 0 fully saturated rings. The lowest BCUT2D eigenvalue weighted by Crippen LogP contribution is -2.14. The maximum atomic E-state index is 12.6. The van der Waals surface area contributed by atoms with E-state index in [2.05, 4.69) is 15.6 Å². The lowest BCUT2D eigenvalue weighted by Gasteiger charge is -2.13. The third kappa shape index (κ3) is 4.32. The van der Waals surface area contributed by atoms with E-state index < -0.39 is 0 Å². The van der Waals surface area contributed by atoms with E-state index in [-0.39, 0.29) is 11.6 Å². The largest absolute Gasteiger partial charge is 0.497 e. The average Bonchev–Trinajstić information content (AvgIpc) is 2.74. The molecule has 0 saturated heterocycles. The van der Waals surface area contributed by atoms with Crippen molar-refractivity contribution in [1.82, 2.24) is 4.98 Å². The van der Waals surface area contributed by atoms with E-state index in [0.29, 0.717) is 34.3 Å². The molecule has 3 rings (SSSR count). The van der Waals surface area contributed by atoms with Crippen molar-refractivity contribution in [1.29, 1.82) is 0 Å². The Morgan fingerprint density at radius 3 is 2.36 bits per heavy atom. The first-order valence-electron chi connectivity index (χ1n) is 8.54. The molecule has 28 heavy (non-hydrogen) atoms. The molecule has 0 aliphatic carbocycles. The summed E-state index contributed by atoms with van der Waals surface area (Å²) in [5, 5.41) is 6.04. The fraction of sp³-hybridized carbons (Fsp3) is 0.143. The van der Waals surface area contributed by atoms with Crippen molar-refractivity contribution in [3.05, 3.63) is 66.5 Å². The van der Waals surface area contributed by atoms with Crippen LogP contribution in [-0.2, 0) is 0 Å². The summed E-state index contributed by atoms with van der Waals surface area (Å²) in [6, 6.07) is 16.0. The summed E-state index contributed by atoms with van der Waals surface area (Å²) in [6.45, 7) is 0. The lowest BCUT2D eigenvalue weighted by molar-refractivity contribution is 0.102. The van der Waals surface area contributed by atoms with E-state index in [9.17, 15) is 4.79 Å². The van der Waals surface area contributed by atoms with Gasteiger partial charge in [-0.25, -0.2) is 0 Å². The Hall–Kier alpha value is -3.74. The Bertz CT molecular complexity index is 975. The highest BCUT2D eigenvalue weighted by atomic mass is 16.5. The molecule has 0 radical (unpaired) electrons. The number of anilines is 3. The molecule has 0 aliphatic heterocycles. The summed E-state index contributed by atoms with van der Waals surface area (Å²) in [6.07, 6.45) is 1.56. The van der Waals surface area contributed by atoms with Crippen LogP contribution >= 0.6 is 0 Å². The minimum Gasteiger partial charge on any atom is -0.497 e. The van der Waals surface area contributed by atoms with Gasteiger partial charge in [0.15, 0.2) is 0 Å². The number of amides is 1. The van der Waals surface area contributed by atoms with Crippen LogP contribution in [0.3, 0.4) is 0 Å². The first kappa shape index (κ1) is 19.0. The van der Waals surface area contributed by atoms with Crippen molar-refractivity contribution in [2.75, 3.05) is 32.0 Å². The minimum atomic E-state index is -0.342. The van der Waals surface area contributed by atoms with Crippen molar-refractivity contribution in [3.8, 4) is 17.2 Å². The number of nitrogens with one attached hydrogen (secondary N) is 2. The smallest absolute Gasteiger partial charge is 0.274 e. The minimum absolute atomic E-state index is 0.262. The fourth-order valence-electron chi connectivity index (χ4n) is 2.63. The number of benzene rings is 2. The summed E-state index contributed by atoms with van der Waals surface area (Å²) in [4.78, 5) is 16.8. The van der Waals surface area contributed by atoms with Gasteiger partial charge in [-0.15, -0.1) is 0 Å². The Morgan fingerprint density at radius 1 is 0.857 bits per heavy atom. The second-order valence-corrected chi connectivity index (χ2v) is 5.78. The number of para-hydroxylation sites is 2. The highest BCUT2D eigenvalue weighted by Crippen LogP contribution is 2.31. The zero-order chi connectivity index (χ0) is 19.9. The molecule has 0 bridgehead atoms. The number of aromatic nitrogens is 1. The molecule has 1 amide bonds. The summed E-state index contributed by atoms with van der Waals surface area (Å²) in [7, 11) is 4.74. The zero-order valence-corrected chi connectivity index (χ0v) is 15.9. The van der Waals surface area contributed by atoms with Gasteiger partial charge in [-0.3, -0.25) is 9.78 Å². The molecule has 3 aromatic rings. The monoisotopic (exact) mass is 379 g/mol. The third-order valence-corrected chi connectivity index (χ3v) is 4.03. The maximum Gasteiger partial charge on any atom is 0.274 e. The molecule has 1 heterocycles. The number of hydrogen-bond donors (Lipinski definition) is 2. The SMILES string of the molecule is COc1ccc(OC)c(Nc2ccnc(C(=O)Nc3ccccc3OC)c2)c1. The van der Waals surface area contributed by atoms with Crippen molar-refractivity contribution >= 4 is 23.0 Å². The number of carbonyl (C=O) groups is 1. The fourth-order valence-corrected chi connectivity index (χ4v) is 2.63. The summed E-state index contributed by atoms with van der Waals surface area (Å²) < 4.78 is 15.9. The van der Waals surface area contributed by atoms with Crippen LogP contribution in [0.2, 0.25) is 0 Å². The van der Waals surface area contributed by atoms with Gasteiger partial charge in [-0.2, -0.15) is 0 Å². The van der Waals surface area contributed by atoms with Gasteiger partial charge in [-0.05, 0) is 36.4 Å². The van der Waals surface area contributed by atoms with Gasteiger partial charge in [0.2, 0.25) is 0 Å². The van der Waals surface area contributed by atoms with Gasteiger partial charge in [0, 0.05) is 18.0 Å². The molecular weight excluding hydrogens is 358 g/mol. The second-order valence-electron chi connectivity index (χ2n) is 5.78. The maximum absolute atomic E-state index is 12.6. The molecular formula is C21H21N3O4. The highest BCUT2D eigenvalue weighted by Gasteiger charge is 2.12. The van der Waals surface area contributed by atoms with Crippen LogP contribution in [0.5, 0.6) is 17.2 Å². The standard InChI is InChI=1S/C21H21N3O4/c1-26-15-8-9-20(28-3)17(13-15)23-14-10-11-22-18(12-14)21(25)24-16-6-4-5-7-19(16)27-2/h4-13H,1-3H3,(H,22,23)(H,24,25). The Morgan fingerprint density at radius 2 is 1.61 bits per heavy atom. The molecule has 0 saturated carbocycles. The molecule has 2 N–H and O–H groups in total. The predicted octanol–water partition coefficient (Wildman–Crippen LogP) is 4.10. The van der Waals surface area contributed by atoms with Gasteiger partial charge in [0.25, 0.3) is 5.91 Å². The van der Waals surface area contributed by atoms with E-state index in [0.717, 1.165) is 0 Å². The number of methoxy groups -OCH3 is 3. The molecule has 1 aromatic heterocycles. The lowest BCUT2D eigenvalue weighted by atomic mass is 10.2. The molecule has 144 valence electrons. The molecule has 0 unspecified atom stereocenters. The summed E-state index contributed by atoms with van der Waals surface area (Å²) >= 11 is 0. The van der Waals surface area contributed by atoms with Crippen molar-refractivity contribution in [2.24, 2.45) is 0 Å². The first-order chi connectivity index (χ1) is 13.6. The van der Waals surface area contributed by atoms with Gasteiger partial charge in [-0.1, -0.05) is 12.1 Å². The van der Waals surface area contributed by atoms with E-state index in [1.165, 1.54) is 0 Å². The molecule has 7 heteroatoms. The Balaban J connectivity index is 1.82. The predicted molar refractivity (Wildman–Crippen MR) is 108 cm³/mol. The Labute approximate surface area is 163 Å². The van der Waals surface area contributed by atoms with Gasteiger partial charge < -0.3 is 24.8 Å². The highest BCUT2D eigenvalue weighted by molar-refractivity contribution is 6.04. The Kier molecular flexibility index (Phi) is 5.96. The molecule has 7 nitrogen and oxygen atoms in total. The molecule has 0 atom stereocenters. The van der Waals surface area contributed by atoms with Crippen LogP contribution in [0, 0.1) is 0 Å². The zero-order valence-electron chi connectivity index (χ0n) is 15.9. The summed E-state index contributed by atoms with van der Waals surface area (Å²) in [5.41, 5.74) is 2.23. The van der Waals surface area contributed by atoms with Gasteiger partial charge >= 0.3 is 0 Å². The number of rotatable bonds is 7. The van der Waals surface area contributed by atoms with E-state index in [4.69, 9.17) is 14.2 Å². The average molecular weight is 379 g/mol. The van der Waals surface area contributed by atoms with Crippen LogP contribution in [0.25, 0.3) is 0 Å². The number of nitrogens with zero attached hydrogens (tertiary/aromatic N) is 1. The van der Waals surface area contributed by atoms with Crippen LogP contribution in [0.15, 0.2) is 60.8 Å². The van der Waals surface area contributed by atoms with Crippen LogP contribution in [-0.4, -0.2) is 32.2 Å². The molecule has 2 aromatic carbocycles. The third-order valence-electron chi connectivity index (χ3n) is 4.03. The van der Waals surface area contributed by atoms with E-state index in [1.54, 1.807) is 57.9 Å². The second kappa shape index (κ2) is 8.77. The number of carbonyl (C=O) groups excluding carboxylic acids is 1. The van der Waals surface area contributed by atoms with Gasteiger partial charge in [0.1, 0.15) is 22.9 Å². The van der Waals surface area contributed by atoms with Crippen LogP contribution in [0.1, 0.15) is 10.5 Å². The van der Waals surface area contributed by atoms with Crippen molar-refractivity contribution < 1.29 is 19.0 Å². The van der Waals surface area contributed by atoms with Crippen molar-refractivity contribution in [3.63, 3.8) is 0 Å². The van der Waals surface area contributed by atoms with E-state index >= 15 is 0 Å². The first-order valence-corrected chi connectivity index (χ1v) is 8.54. The number of pyridine rings is 1. The molecule has 0 aliphatic rings. The van der Waals surface area contributed by atoms with Gasteiger partial charge in [0.05, 0.1) is 32.7 Å². The van der Waals surface area contributed by atoms with Crippen LogP contribution in [0.4, 0.5) is 17.1 Å². The summed E-state index contributed by atoms with van der Waals surface area (Å²) in [5.74, 6) is 1.57. The van der Waals surface area contributed by atoms with Crippen LogP contribution < -0.4 is 24.8 Å².